The number of benzene rings is 2. The molecule has 1 aromatic heterocycles. The van der Waals surface area contributed by atoms with Crippen LogP contribution in [-0.2, 0) is 11.2 Å². The Balaban J connectivity index is 1.66. The van der Waals surface area contributed by atoms with Crippen molar-refractivity contribution in [3.63, 3.8) is 0 Å². The SMILES string of the molecule is C=CC(=O)NCC1Cc2ccccc2N(c2ccc3cc[nH]c3c2)C1. The molecule has 1 amide bonds. The fourth-order valence-electron chi connectivity index (χ4n) is 3.58. The monoisotopic (exact) mass is 331 g/mol. The number of hydrogen-bond donors (Lipinski definition) is 2. The van der Waals surface area contributed by atoms with Gasteiger partial charge in [-0.2, -0.15) is 0 Å². The van der Waals surface area contributed by atoms with Crippen molar-refractivity contribution in [2.75, 3.05) is 18.0 Å². The number of nitrogens with zero attached hydrogens (tertiary/aromatic N) is 1. The number of carbonyl (C=O) groups excluding carboxylic acids is 1. The highest BCUT2D eigenvalue weighted by Crippen LogP contribution is 2.36. The number of carbonyl (C=O) groups is 1. The zero-order valence-corrected chi connectivity index (χ0v) is 14.0. The zero-order chi connectivity index (χ0) is 17.2. The lowest BCUT2D eigenvalue weighted by atomic mass is 9.91. The Morgan fingerprint density at radius 3 is 3.04 bits per heavy atom. The summed E-state index contributed by atoms with van der Waals surface area (Å²) in [6, 6.07) is 17.1. The molecule has 0 aliphatic carbocycles. The first-order valence-electron chi connectivity index (χ1n) is 8.57. The fraction of sp³-hybridized carbons (Fsp3) is 0.190. The number of amides is 1. The van der Waals surface area contributed by atoms with Crippen LogP contribution in [0.2, 0.25) is 0 Å². The first kappa shape index (κ1) is 15.5. The van der Waals surface area contributed by atoms with Crippen LogP contribution in [-0.4, -0.2) is 24.0 Å². The van der Waals surface area contributed by atoms with Gasteiger partial charge in [-0.1, -0.05) is 30.8 Å². The summed E-state index contributed by atoms with van der Waals surface area (Å²) in [6.45, 7) is 5.05. The van der Waals surface area contributed by atoms with Crippen molar-refractivity contribution in [1.82, 2.24) is 10.3 Å². The maximum atomic E-state index is 11.5. The van der Waals surface area contributed by atoms with E-state index in [1.165, 1.54) is 28.4 Å². The summed E-state index contributed by atoms with van der Waals surface area (Å²) in [5.41, 5.74) is 4.87. The second-order valence-corrected chi connectivity index (χ2v) is 6.51. The summed E-state index contributed by atoms with van der Waals surface area (Å²) in [4.78, 5) is 17.2. The summed E-state index contributed by atoms with van der Waals surface area (Å²) in [5.74, 6) is 0.247. The van der Waals surface area contributed by atoms with E-state index in [-0.39, 0.29) is 5.91 Å². The molecule has 0 bridgehead atoms. The number of para-hydroxylation sites is 1. The summed E-state index contributed by atoms with van der Waals surface area (Å²) < 4.78 is 0. The number of aromatic nitrogens is 1. The third-order valence-electron chi connectivity index (χ3n) is 4.83. The van der Waals surface area contributed by atoms with Crippen LogP contribution in [0.3, 0.4) is 0 Å². The molecule has 0 saturated heterocycles. The molecule has 1 atom stereocenters. The lowest BCUT2D eigenvalue weighted by Crippen LogP contribution is -2.38. The van der Waals surface area contributed by atoms with Crippen LogP contribution in [0, 0.1) is 5.92 Å². The van der Waals surface area contributed by atoms with Crippen molar-refractivity contribution < 1.29 is 4.79 Å². The smallest absolute Gasteiger partial charge is 0.243 e. The third-order valence-corrected chi connectivity index (χ3v) is 4.83. The highest BCUT2D eigenvalue weighted by atomic mass is 16.1. The molecule has 4 nitrogen and oxygen atoms in total. The molecule has 0 fully saturated rings. The number of H-pyrrole nitrogens is 1. The summed E-state index contributed by atoms with van der Waals surface area (Å²) in [7, 11) is 0. The van der Waals surface area contributed by atoms with Crippen LogP contribution >= 0.6 is 0 Å². The van der Waals surface area contributed by atoms with Crippen LogP contribution in [0.1, 0.15) is 5.56 Å². The minimum Gasteiger partial charge on any atom is -0.361 e. The third kappa shape index (κ3) is 3.03. The molecule has 1 aliphatic heterocycles. The summed E-state index contributed by atoms with van der Waals surface area (Å²) in [5, 5.41) is 4.15. The minimum absolute atomic E-state index is 0.113. The molecule has 0 radical (unpaired) electrons. The second-order valence-electron chi connectivity index (χ2n) is 6.51. The molecule has 2 heterocycles. The van der Waals surface area contributed by atoms with Gasteiger partial charge in [0.05, 0.1) is 0 Å². The molecule has 2 N–H and O–H groups in total. The first-order valence-corrected chi connectivity index (χ1v) is 8.57. The lowest BCUT2D eigenvalue weighted by Gasteiger charge is -2.36. The van der Waals surface area contributed by atoms with E-state index in [0.29, 0.717) is 12.5 Å². The van der Waals surface area contributed by atoms with Gasteiger partial charge in [-0.05, 0) is 53.6 Å². The number of hydrogen-bond acceptors (Lipinski definition) is 2. The van der Waals surface area contributed by atoms with Crippen molar-refractivity contribution in [2.45, 2.75) is 6.42 Å². The molecule has 4 rings (SSSR count). The van der Waals surface area contributed by atoms with E-state index in [1.54, 1.807) is 0 Å². The molecule has 0 spiro atoms. The van der Waals surface area contributed by atoms with Crippen molar-refractivity contribution in [1.29, 1.82) is 0 Å². The number of aromatic amines is 1. The molecule has 126 valence electrons. The number of anilines is 2. The van der Waals surface area contributed by atoms with Crippen LogP contribution in [0.5, 0.6) is 0 Å². The maximum absolute atomic E-state index is 11.5. The quantitative estimate of drug-likeness (QED) is 0.715. The molecule has 1 unspecified atom stereocenters. The molecule has 2 aromatic carbocycles. The molecule has 1 aliphatic rings. The average Bonchev–Trinajstić information content (AvgIpc) is 3.13. The highest BCUT2D eigenvalue weighted by Gasteiger charge is 2.25. The van der Waals surface area contributed by atoms with E-state index in [4.69, 9.17) is 0 Å². The summed E-state index contributed by atoms with van der Waals surface area (Å²) in [6.07, 6.45) is 4.26. The predicted molar refractivity (Wildman–Crippen MR) is 102 cm³/mol. The average molecular weight is 331 g/mol. The Morgan fingerprint density at radius 2 is 2.16 bits per heavy atom. The van der Waals surface area contributed by atoms with Gasteiger partial charge in [-0.25, -0.2) is 0 Å². The second kappa shape index (κ2) is 6.48. The van der Waals surface area contributed by atoms with E-state index >= 15 is 0 Å². The Morgan fingerprint density at radius 1 is 1.28 bits per heavy atom. The van der Waals surface area contributed by atoms with E-state index in [1.807, 2.05) is 6.20 Å². The molecular formula is C21H21N3O. The van der Waals surface area contributed by atoms with Crippen LogP contribution < -0.4 is 10.2 Å². The molecule has 25 heavy (non-hydrogen) atoms. The minimum atomic E-state index is -0.113. The van der Waals surface area contributed by atoms with Gasteiger partial charge >= 0.3 is 0 Å². The number of rotatable bonds is 4. The van der Waals surface area contributed by atoms with E-state index in [2.05, 4.69) is 70.3 Å². The molecular weight excluding hydrogens is 310 g/mol. The Kier molecular flexibility index (Phi) is 4.02. The van der Waals surface area contributed by atoms with Crippen molar-refractivity contribution in [3.8, 4) is 0 Å². The van der Waals surface area contributed by atoms with Crippen molar-refractivity contribution in [3.05, 3.63) is 72.9 Å². The number of nitrogens with one attached hydrogen (secondary N) is 2. The van der Waals surface area contributed by atoms with Crippen LogP contribution in [0.4, 0.5) is 11.4 Å². The Bertz CT molecular complexity index is 928. The van der Waals surface area contributed by atoms with Crippen molar-refractivity contribution in [2.24, 2.45) is 5.92 Å². The van der Waals surface area contributed by atoms with Crippen molar-refractivity contribution >= 4 is 28.2 Å². The lowest BCUT2D eigenvalue weighted by molar-refractivity contribution is -0.116. The maximum Gasteiger partial charge on any atom is 0.243 e. The van der Waals surface area contributed by atoms with Gasteiger partial charge in [-0.15, -0.1) is 0 Å². The zero-order valence-electron chi connectivity index (χ0n) is 14.0. The fourth-order valence-corrected chi connectivity index (χ4v) is 3.58. The molecule has 0 saturated carbocycles. The van der Waals surface area contributed by atoms with Gasteiger partial charge in [0.1, 0.15) is 0 Å². The van der Waals surface area contributed by atoms with Crippen LogP contribution in [0.15, 0.2) is 67.4 Å². The number of fused-ring (bicyclic) bond motifs is 2. The molecule has 4 heteroatoms. The Labute approximate surface area is 147 Å². The topological polar surface area (TPSA) is 48.1 Å². The van der Waals surface area contributed by atoms with Gasteiger partial charge in [-0.3, -0.25) is 4.79 Å². The highest BCUT2D eigenvalue weighted by molar-refractivity contribution is 5.87. The molecule has 3 aromatic rings. The van der Waals surface area contributed by atoms with Gasteiger partial charge in [0.25, 0.3) is 0 Å². The van der Waals surface area contributed by atoms with E-state index < -0.39 is 0 Å². The van der Waals surface area contributed by atoms with Gasteiger partial charge in [0.15, 0.2) is 0 Å². The summed E-state index contributed by atoms with van der Waals surface area (Å²) >= 11 is 0. The van der Waals surface area contributed by atoms with Crippen LogP contribution in [0.25, 0.3) is 10.9 Å². The van der Waals surface area contributed by atoms with Gasteiger partial charge < -0.3 is 15.2 Å². The Hall–Kier alpha value is -3.01. The van der Waals surface area contributed by atoms with Gasteiger partial charge in [0.2, 0.25) is 5.91 Å². The normalized spacial score (nSPS) is 16.5. The first-order chi connectivity index (χ1) is 12.2. The largest absolute Gasteiger partial charge is 0.361 e. The van der Waals surface area contributed by atoms with E-state index in [9.17, 15) is 4.79 Å². The van der Waals surface area contributed by atoms with Gasteiger partial charge in [0, 0.05) is 36.2 Å². The van der Waals surface area contributed by atoms with E-state index in [0.717, 1.165) is 18.5 Å². The standard InChI is InChI=1S/C21H21N3O/c1-2-21(25)23-13-15-11-17-5-3-4-6-20(17)24(14-15)18-8-7-16-9-10-22-19(16)12-18/h2-10,12,15,22H,1,11,13-14H2,(H,23,25). The predicted octanol–water partition coefficient (Wildman–Crippen LogP) is 3.78.